The number of sulfone groups is 1. The molecule has 234 valence electrons. The number of rotatable bonds is 13. The van der Waals surface area contributed by atoms with Crippen LogP contribution in [0.1, 0.15) is 56.2 Å². The highest BCUT2D eigenvalue weighted by Crippen LogP contribution is 2.42. The Morgan fingerprint density at radius 2 is 1.77 bits per heavy atom. The highest BCUT2D eigenvalue weighted by Gasteiger charge is 2.29. The van der Waals surface area contributed by atoms with E-state index in [1.807, 2.05) is 54.8 Å². The first-order valence-electron chi connectivity index (χ1n) is 14.6. The van der Waals surface area contributed by atoms with Crippen LogP contribution in [-0.4, -0.2) is 61.7 Å². The minimum Gasteiger partial charge on any atom is -0.381 e. The van der Waals surface area contributed by atoms with Crippen molar-refractivity contribution >= 4 is 47.6 Å². The van der Waals surface area contributed by atoms with Crippen LogP contribution in [0.4, 0.5) is 5.82 Å². The van der Waals surface area contributed by atoms with Crippen molar-refractivity contribution in [3.05, 3.63) is 65.8 Å². The van der Waals surface area contributed by atoms with Gasteiger partial charge in [-0.15, -0.1) is 0 Å². The van der Waals surface area contributed by atoms with Gasteiger partial charge in [-0.05, 0) is 51.7 Å². The molecule has 1 atom stereocenters. The number of ether oxygens (including phenoxy) is 1. The number of nitrogens with one attached hydrogen (secondary N) is 1. The van der Waals surface area contributed by atoms with Crippen LogP contribution in [0.5, 0.6) is 0 Å². The quantitative estimate of drug-likeness (QED) is 0.158. The average molecular weight is 640 g/mol. The zero-order valence-corrected chi connectivity index (χ0v) is 27.1. The molecule has 0 saturated carbocycles. The Balaban J connectivity index is 1.90. The molecule has 0 unspecified atom stereocenters. The number of aromatic nitrogens is 4. The summed E-state index contributed by atoms with van der Waals surface area (Å²) in [5, 5.41) is 4.42. The van der Waals surface area contributed by atoms with Crippen LogP contribution in [0, 0.1) is 13.8 Å². The Hall–Kier alpha value is -3.81. The van der Waals surface area contributed by atoms with E-state index in [-0.39, 0.29) is 22.5 Å². The number of aryl methyl sites for hydroxylation is 2. The molecule has 0 bridgehead atoms. The lowest BCUT2D eigenvalue weighted by Gasteiger charge is -2.23. The van der Waals surface area contributed by atoms with Crippen LogP contribution in [0.15, 0.2) is 58.2 Å². The Morgan fingerprint density at radius 3 is 2.41 bits per heavy atom. The summed E-state index contributed by atoms with van der Waals surface area (Å²) in [4.78, 5) is 9.13. The number of anilines is 1. The van der Waals surface area contributed by atoms with Gasteiger partial charge in [0.15, 0.2) is 15.7 Å². The molecule has 1 N–H and O–H groups in total. The third kappa shape index (κ3) is 6.21. The first kappa shape index (κ1) is 31.6. The third-order valence-electron chi connectivity index (χ3n) is 7.59. The summed E-state index contributed by atoms with van der Waals surface area (Å²) in [5.41, 5.74) is 4.54. The van der Waals surface area contributed by atoms with E-state index in [1.54, 1.807) is 6.20 Å². The van der Waals surface area contributed by atoms with Crippen molar-refractivity contribution in [1.29, 1.82) is 0 Å². The third-order valence-corrected chi connectivity index (χ3v) is 9.95. The molecule has 5 aromatic rings. The maximum absolute atomic E-state index is 13.3. The molecule has 0 aliphatic heterocycles. The van der Waals surface area contributed by atoms with E-state index in [1.165, 1.54) is 13.1 Å². The highest BCUT2D eigenvalue weighted by molar-refractivity contribution is 7.92. The van der Waals surface area contributed by atoms with Gasteiger partial charge in [0, 0.05) is 36.8 Å². The summed E-state index contributed by atoms with van der Waals surface area (Å²) in [6.45, 7) is 8.44. The summed E-state index contributed by atoms with van der Waals surface area (Å²) >= 11 is 0. The molecule has 13 heteroatoms. The molecule has 4 aromatic heterocycles. The Labute approximate surface area is 257 Å². The predicted octanol–water partition coefficient (Wildman–Crippen LogP) is 5.82. The molecule has 5 rings (SSSR count). The largest absolute Gasteiger partial charge is 0.381 e. The van der Waals surface area contributed by atoms with Crippen molar-refractivity contribution in [3.63, 3.8) is 0 Å². The van der Waals surface area contributed by atoms with E-state index >= 15 is 0 Å². The zero-order valence-electron chi connectivity index (χ0n) is 25.5. The summed E-state index contributed by atoms with van der Waals surface area (Å²) < 4.78 is 67.9. The number of sulfonamides is 1. The van der Waals surface area contributed by atoms with Gasteiger partial charge < -0.3 is 13.8 Å². The minimum absolute atomic E-state index is 0.0213. The van der Waals surface area contributed by atoms with E-state index in [2.05, 4.69) is 21.8 Å². The Morgan fingerprint density at radius 1 is 1.02 bits per heavy atom. The number of nitrogens with zero attached hydrogens (tertiary/aromatic N) is 4. The molecule has 0 fully saturated rings. The lowest BCUT2D eigenvalue weighted by atomic mass is 10.0. The number of pyridine rings is 2. The Kier molecular flexibility index (Phi) is 9.10. The molecule has 0 amide bonds. The van der Waals surface area contributed by atoms with Gasteiger partial charge in [-0.3, -0.25) is 9.71 Å². The first-order valence-corrected chi connectivity index (χ1v) is 18.1. The van der Waals surface area contributed by atoms with E-state index in [9.17, 15) is 16.8 Å². The predicted molar refractivity (Wildman–Crippen MR) is 171 cm³/mol. The second-order valence-corrected chi connectivity index (χ2v) is 14.8. The molecule has 11 nitrogen and oxygen atoms in total. The maximum atomic E-state index is 13.3. The normalized spacial score (nSPS) is 13.1. The van der Waals surface area contributed by atoms with E-state index < -0.39 is 19.9 Å². The summed E-state index contributed by atoms with van der Waals surface area (Å²) in [6.07, 6.45) is 6.24. The van der Waals surface area contributed by atoms with E-state index in [4.69, 9.17) is 14.2 Å². The molecular formula is C31H37N5O6S2. The Bertz CT molecular complexity index is 2000. The SMILES string of the molecule is CCCOCCC[C@@H](c1ccccc1)n1c2cc(-c3c(C)noc3C)cnc2c2c(NS(=O)(=O)CC)ncc(S(C)(=O)=O)c21. The highest BCUT2D eigenvalue weighted by atomic mass is 32.2. The van der Waals surface area contributed by atoms with Crippen LogP contribution in [0.3, 0.4) is 0 Å². The molecule has 4 heterocycles. The van der Waals surface area contributed by atoms with Gasteiger partial charge in [0.05, 0.1) is 45.6 Å². The van der Waals surface area contributed by atoms with Gasteiger partial charge in [-0.25, -0.2) is 21.8 Å². The number of benzene rings is 1. The van der Waals surface area contributed by atoms with Gasteiger partial charge in [-0.2, -0.15) is 0 Å². The summed E-state index contributed by atoms with van der Waals surface area (Å²) in [7, 11) is -7.58. The van der Waals surface area contributed by atoms with E-state index in [0.717, 1.165) is 29.4 Å². The van der Waals surface area contributed by atoms with Crippen LogP contribution >= 0.6 is 0 Å². The topological polar surface area (TPSA) is 146 Å². The van der Waals surface area contributed by atoms with Gasteiger partial charge >= 0.3 is 0 Å². The van der Waals surface area contributed by atoms with Crippen LogP contribution in [0.25, 0.3) is 33.1 Å². The monoisotopic (exact) mass is 639 g/mol. The molecule has 1 aromatic carbocycles. The molecule has 0 spiro atoms. The zero-order chi connectivity index (χ0) is 31.6. The van der Waals surface area contributed by atoms with Crippen molar-refractivity contribution < 1.29 is 26.1 Å². The van der Waals surface area contributed by atoms with Crippen molar-refractivity contribution in [2.45, 2.75) is 57.9 Å². The average Bonchev–Trinajstić information content (AvgIpc) is 3.50. The first-order chi connectivity index (χ1) is 21.0. The fourth-order valence-corrected chi connectivity index (χ4v) is 6.96. The molecular weight excluding hydrogens is 603 g/mol. The van der Waals surface area contributed by atoms with Crippen LogP contribution in [0.2, 0.25) is 0 Å². The lowest BCUT2D eigenvalue weighted by molar-refractivity contribution is 0.129. The second kappa shape index (κ2) is 12.7. The van der Waals surface area contributed by atoms with Gasteiger partial charge in [0.2, 0.25) is 10.0 Å². The maximum Gasteiger partial charge on any atom is 0.233 e. The molecule has 0 aliphatic carbocycles. The minimum atomic E-state index is -3.82. The fraction of sp³-hybridized carbons (Fsp3) is 0.387. The van der Waals surface area contributed by atoms with Crippen molar-refractivity contribution in [2.75, 3.05) is 29.9 Å². The smallest absolute Gasteiger partial charge is 0.233 e. The molecule has 0 radical (unpaired) electrons. The van der Waals surface area contributed by atoms with Gasteiger partial charge in [-0.1, -0.05) is 42.4 Å². The standard InChI is InChI=1S/C31H37N5O6S2/c1-6-15-41-16-11-14-24(22-12-9-8-10-13-22)36-25-17-23(27-20(3)34-42-21(27)4)18-32-29(25)28-30(36)26(43(5,37)38)19-33-31(28)35-44(39,40)7-2/h8-10,12-13,17-19,24H,6-7,11,14-16H2,1-5H3,(H,33,35)/t24-/m0/s1. The van der Waals surface area contributed by atoms with Crippen molar-refractivity contribution in [3.8, 4) is 11.1 Å². The summed E-state index contributed by atoms with van der Waals surface area (Å²) in [5.74, 6) is 0.457. The van der Waals surface area contributed by atoms with Crippen LogP contribution < -0.4 is 4.72 Å². The lowest BCUT2D eigenvalue weighted by Crippen LogP contribution is -2.17. The number of fused-ring (bicyclic) bond motifs is 3. The van der Waals surface area contributed by atoms with Gasteiger partial charge in [0.25, 0.3) is 0 Å². The molecule has 0 aliphatic rings. The fourth-order valence-electron chi connectivity index (χ4n) is 5.57. The second-order valence-electron chi connectivity index (χ2n) is 10.8. The van der Waals surface area contributed by atoms with Gasteiger partial charge in [0.1, 0.15) is 10.7 Å². The van der Waals surface area contributed by atoms with E-state index in [0.29, 0.717) is 59.4 Å². The number of hydrogen-bond acceptors (Lipinski definition) is 9. The summed E-state index contributed by atoms with van der Waals surface area (Å²) in [6, 6.07) is 11.4. The molecule has 44 heavy (non-hydrogen) atoms. The number of hydrogen-bond donors (Lipinski definition) is 1. The van der Waals surface area contributed by atoms with Crippen molar-refractivity contribution in [1.82, 2.24) is 19.7 Å². The molecule has 0 saturated heterocycles. The van der Waals surface area contributed by atoms with Crippen molar-refractivity contribution in [2.24, 2.45) is 0 Å². The van der Waals surface area contributed by atoms with Crippen LogP contribution in [-0.2, 0) is 24.6 Å².